The number of carboxylic acids is 1. The van der Waals surface area contributed by atoms with E-state index in [1.54, 1.807) is 0 Å². The fourth-order valence-corrected chi connectivity index (χ4v) is 2.90. The van der Waals surface area contributed by atoms with E-state index < -0.39 is 86.5 Å². The minimum absolute atomic E-state index is 0.0118. The van der Waals surface area contributed by atoms with Gasteiger partial charge in [0.25, 0.3) is 0 Å². The summed E-state index contributed by atoms with van der Waals surface area (Å²) in [7, 11) is 0. The van der Waals surface area contributed by atoms with Crippen LogP contribution in [0.15, 0.2) is 0 Å². The van der Waals surface area contributed by atoms with Crippen LogP contribution in [0.25, 0.3) is 0 Å². The minimum atomic E-state index is -2.13. The van der Waals surface area contributed by atoms with E-state index in [-0.39, 0.29) is 32.2 Å². The number of aliphatic hydroxyl groups excluding tert-OH is 8. The summed E-state index contributed by atoms with van der Waals surface area (Å²) < 4.78 is 0. The Balaban J connectivity index is 5.24. The van der Waals surface area contributed by atoms with E-state index in [4.69, 9.17) is 15.3 Å². The predicted molar refractivity (Wildman–Crippen MR) is 111 cm³/mol. The number of carboxylic acid groups (broad SMARTS) is 1. The quantitative estimate of drug-likeness (QED) is 0.0553. The maximum atomic E-state index is 12.3. The third kappa shape index (κ3) is 10.9. The van der Waals surface area contributed by atoms with E-state index in [0.717, 1.165) is 4.90 Å². The molecular weight excluding hydrogens is 464 g/mol. The Morgan fingerprint density at radius 1 is 0.794 bits per heavy atom. The number of carbonyl (C=O) groups is 4. The summed E-state index contributed by atoms with van der Waals surface area (Å²) in [4.78, 5) is 47.2. The van der Waals surface area contributed by atoms with Crippen LogP contribution in [0.1, 0.15) is 19.3 Å². The number of Topliss-reactive ketones (excluding diaryl/α,β-unsaturated/α-hetero) is 2. The van der Waals surface area contributed by atoms with Crippen LogP contribution in [0.2, 0.25) is 0 Å². The number of unbranched alkanes of at least 4 members (excludes halogenated alkanes) is 1. The lowest BCUT2D eigenvalue weighted by Gasteiger charge is -2.27. The summed E-state index contributed by atoms with van der Waals surface area (Å²) in [5, 5.41) is 86.7. The summed E-state index contributed by atoms with van der Waals surface area (Å²) in [6, 6.07) is -1.16. The van der Waals surface area contributed by atoms with E-state index in [1.165, 1.54) is 0 Å². The Morgan fingerprint density at radius 3 is 1.59 bits per heavy atom. The Hall–Kier alpha value is -2.08. The largest absolute Gasteiger partial charge is 0.480 e. The normalized spacial score (nSPS) is 17.8. The summed E-state index contributed by atoms with van der Waals surface area (Å²) >= 11 is 0. The zero-order valence-electron chi connectivity index (χ0n) is 18.4. The van der Waals surface area contributed by atoms with E-state index in [9.17, 15) is 49.8 Å². The number of carbonyl (C=O) groups excluding carboxylic acids is 3. The summed E-state index contributed by atoms with van der Waals surface area (Å²) in [6.07, 6.45) is -11.3. The van der Waals surface area contributed by atoms with E-state index in [1.807, 2.05) is 0 Å². The fraction of sp³-hybridized carbons (Fsp3) is 0.789. The number of hydrogen-bond donors (Lipinski definition) is 10. The molecule has 0 heterocycles. The first kappa shape index (κ1) is 31.9. The molecule has 0 aliphatic rings. The lowest BCUT2D eigenvalue weighted by atomic mass is 10.0. The molecule has 0 aromatic rings. The van der Waals surface area contributed by atoms with Crippen LogP contribution >= 0.6 is 0 Å². The molecule has 34 heavy (non-hydrogen) atoms. The first-order valence-electron chi connectivity index (χ1n) is 10.4. The van der Waals surface area contributed by atoms with Crippen molar-refractivity contribution in [3.8, 4) is 0 Å². The first-order chi connectivity index (χ1) is 15.9. The maximum Gasteiger partial charge on any atom is 0.326 e. The van der Waals surface area contributed by atoms with Gasteiger partial charge in [0.05, 0.1) is 26.3 Å². The lowest BCUT2D eigenvalue weighted by molar-refractivity contribution is -0.144. The third-order valence-electron chi connectivity index (χ3n) is 5.01. The van der Waals surface area contributed by atoms with Crippen molar-refractivity contribution in [2.24, 2.45) is 0 Å². The van der Waals surface area contributed by atoms with Crippen LogP contribution in [-0.4, -0.2) is 150 Å². The molecule has 7 atom stereocenters. The van der Waals surface area contributed by atoms with Gasteiger partial charge in [-0.05, 0) is 25.8 Å². The van der Waals surface area contributed by atoms with Crippen molar-refractivity contribution in [3.05, 3.63) is 0 Å². The van der Waals surface area contributed by atoms with Gasteiger partial charge in [0, 0.05) is 0 Å². The van der Waals surface area contributed by atoms with Crippen molar-refractivity contribution in [1.29, 1.82) is 0 Å². The number of ketones is 2. The molecule has 0 spiro atoms. The van der Waals surface area contributed by atoms with Crippen LogP contribution in [0.3, 0.4) is 0 Å². The molecule has 15 nitrogen and oxygen atoms in total. The highest BCUT2D eigenvalue weighted by molar-refractivity contribution is 5.88. The standard InChI is InChI=1S/C19H34N2O13/c22-7-13(27)17(31)15(29)11(25)5-21(4-2-1-3-10(19(33)34)20-9-24)6-12(26)16(30)18(32)14(28)8-23/h9-10,13-18,22-23,27-32H,1-8H2,(H,20,24)(H,33,34)/t10-,13+,14+,15+,16+,17+,18+/m0/s1. The van der Waals surface area contributed by atoms with Gasteiger partial charge in [-0.25, -0.2) is 4.79 Å². The zero-order chi connectivity index (χ0) is 26.4. The van der Waals surface area contributed by atoms with Crippen LogP contribution in [0.4, 0.5) is 0 Å². The fourth-order valence-electron chi connectivity index (χ4n) is 2.90. The molecule has 0 rings (SSSR count). The molecule has 10 N–H and O–H groups in total. The highest BCUT2D eigenvalue weighted by Gasteiger charge is 2.33. The topological polar surface area (TPSA) is 266 Å². The Kier molecular flexibility index (Phi) is 15.5. The molecular formula is C19H34N2O13. The molecule has 0 bridgehead atoms. The molecule has 0 aliphatic carbocycles. The van der Waals surface area contributed by atoms with Crippen molar-refractivity contribution >= 4 is 23.9 Å². The zero-order valence-corrected chi connectivity index (χ0v) is 18.4. The average molecular weight is 498 g/mol. The molecule has 15 heteroatoms. The number of aliphatic carboxylic acids is 1. The van der Waals surface area contributed by atoms with Gasteiger partial charge in [0.2, 0.25) is 6.41 Å². The summed E-state index contributed by atoms with van der Waals surface area (Å²) in [6.45, 7) is -3.30. The monoisotopic (exact) mass is 498 g/mol. The van der Waals surface area contributed by atoms with Gasteiger partial charge in [0.15, 0.2) is 11.6 Å². The van der Waals surface area contributed by atoms with Gasteiger partial charge in [0.1, 0.15) is 42.7 Å². The predicted octanol–water partition coefficient (Wildman–Crippen LogP) is -6.05. The molecule has 0 aromatic carbocycles. The second-order valence-corrected chi connectivity index (χ2v) is 7.69. The molecule has 0 unspecified atom stereocenters. The molecule has 198 valence electrons. The minimum Gasteiger partial charge on any atom is -0.480 e. The number of hydrogen-bond acceptors (Lipinski definition) is 13. The van der Waals surface area contributed by atoms with E-state index in [2.05, 4.69) is 5.32 Å². The highest BCUT2D eigenvalue weighted by atomic mass is 16.4. The Bertz CT molecular complexity index is 614. The molecule has 0 radical (unpaired) electrons. The van der Waals surface area contributed by atoms with Crippen molar-refractivity contribution in [2.75, 3.05) is 32.8 Å². The van der Waals surface area contributed by atoms with Crippen molar-refractivity contribution in [2.45, 2.75) is 61.9 Å². The number of nitrogens with one attached hydrogen (secondary N) is 1. The molecule has 0 saturated heterocycles. The summed E-state index contributed by atoms with van der Waals surface area (Å²) in [5.41, 5.74) is 0. The molecule has 1 amide bonds. The number of rotatable bonds is 20. The van der Waals surface area contributed by atoms with Crippen LogP contribution < -0.4 is 5.32 Å². The molecule has 0 aliphatic heterocycles. The lowest BCUT2D eigenvalue weighted by Crippen LogP contribution is -2.50. The second-order valence-electron chi connectivity index (χ2n) is 7.69. The van der Waals surface area contributed by atoms with Crippen LogP contribution in [0, 0.1) is 0 Å². The Morgan fingerprint density at radius 2 is 1.24 bits per heavy atom. The average Bonchev–Trinajstić information content (AvgIpc) is 2.82. The van der Waals surface area contributed by atoms with Crippen molar-refractivity contribution in [1.82, 2.24) is 10.2 Å². The van der Waals surface area contributed by atoms with Gasteiger partial charge >= 0.3 is 5.97 Å². The van der Waals surface area contributed by atoms with Gasteiger partial charge in [-0.1, -0.05) is 0 Å². The maximum absolute atomic E-state index is 12.3. The SMILES string of the molecule is O=CN[C@@H](CCCCN(CC(=O)[C@@H](O)[C@H](O)[C@H](O)CO)CC(=O)[C@@H](O)[C@H](O)[C@H](O)CO)C(=O)O. The summed E-state index contributed by atoms with van der Waals surface area (Å²) in [5.74, 6) is -3.37. The highest BCUT2D eigenvalue weighted by Crippen LogP contribution is 2.09. The number of aliphatic hydroxyl groups is 8. The first-order valence-corrected chi connectivity index (χ1v) is 10.4. The smallest absolute Gasteiger partial charge is 0.326 e. The van der Waals surface area contributed by atoms with Gasteiger partial charge < -0.3 is 51.3 Å². The van der Waals surface area contributed by atoms with Crippen molar-refractivity contribution in [3.63, 3.8) is 0 Å². The van der Waals surface area contributed by atoms with E-state index in [0.29, 0.717) is 0 Å². The second kappa shape index (κ2) is 16.5. The van der Waals surface area contributed by atoms with Crippen LogP contribution in [0.5, 0.6) is 0 Å². The third-order valence-corrected chi connectivity index (χ3v) is 5.01. The van der Waals surface area contributed by atoms with E-state index >= 15 is 0 Å². The van der Waals surface area contributed by atoms with Gasteiger partial charge in [-0.3, -0.25) is 19.3 Å². The Labute approximate surface area is 194 Å². The van der Waals surface area contributed by atoms with Gasteiger partial charge in [-0.2, -0.15) is 0 Å². The van der Waals surface area contributed by atoms with Crippen LogP contribution in [-0.2, 0) is 19.2 Å². The molecule has 0 fully saturated rings. The molecule has 0 aromatic heterocycles. The number of nitrogens with zero attached hydrogens (tertiary/aromatic N) is 1. The van der Waals surface area contributed by atoms with Gasteiger partial charge in [-0.15, -0.1) is 0 Å². The van der Waals surface area contributed by atoms with Crippen molar-refractivity contribution < 1.29 is 65.1 Å². The number of amides is 1. The molecule has 0 saturated carbocycles.